The summed E-state index contributed by atoms with van der Waals surface area (Å²) in [6.07, 6.45) is 11.2. The minimum atomic E-state index is -5.75. The van der Waals surface area contributed by atoms with Gasteiger partial charge in [-0.25, -0.2) is 28.6 Å². The topological polar surface area (TPSA) is 415 Å². The molecule has 468 valence electrons. The molecule has 6 rings (SSSR count). The van der Waals surface area contributed by atoms with Gasteiger partial charge in [0.2, 0.25) is 11.8 Å². The average Bonchev–Trinajstić information content (AvgIpc) is 1.98. The van der Waals surface area contributed by atoms with Crippen LogP contribution in [-0.4, -0.2) is 138 Å². The molecule has 5 unspecified atom stereocenters. The lowest BCUT2D eigenvalue weighted by Gasteiger charge is -2.28. The van der Waals surface area contributed by atoms with E-state index in [0.717, 1.165) is 28.9 Å². The van der Waals surface area contributed by atoms with E-state index in [4.69, 9.17) is 19.5 Å². The van der Waals surface area contributed by atoms with Gasteiger partial charge in [0, 0.05) is 78.3 Å². The number of rotatable bonds is 31. The van der Waals surface area contributed by atoms with Crippen molar-refractivity contribution in [1.82, 2.24) is 24.8 Å². The molecule has 0 saturated carbocycles. The minimum absolute atomic E-state index is 0.0855. The second-order valence-electron chi connectivity index (χ2n) is 20.5. The predicted octanol–water partition coefficient (Wildman–Crippen LogP) is 7.63. The lowest BCUT2D eigenvalue weighted by Crippen LogP contribution is -2.29. The Morgan fingerprint density at radius 1 is 0.882 bits per heavy atom. The van der Waals surface area contributed by atoms with Gasteiger partial charge < -0.3 is 45.0 Å². The highest BCUT2D eigenvalue weighted by Crippen LogP contribution is 2.66. The van der Waals surface area contributed by atoms with Crippen molar-refractivity contribution in [3.05, 3.63) is 102 Å². The SMILES string of the molecule is CC\N=C(/C=C/C=C/C=C1/N(CCCCCC(=O)NCCSSCCCC(=O)Nc2ncnc3c2ncn3C2CC(O)C(COP(=O)(O)OP(=O)(O)OP(=O)(O)O)O2)c2ccc(S(=O)(=O)O)cc2C1(C)C)C(C)(C)c1cc(S(=O)(=O)O)ccc1C. The van der Waals surface area contributed by atoms with Gasteiger partial charge in [0.15, 0.2) is 17.0 Å². The van der Waals surface area contributed by atoms with Crippen LogP contribution in [0.25, 0.3) is 11.2 Å². The number of phosphoric ester groups is 1. The van der Waals surface area contributed by atoms with E-state index < -0.39 is 79.6 Å². The minimum Gasteiger partial charge on any atom is -0.390 e. The monoisotopic (exact) mass is 1320 g/mol. The third-order valence-electron chi connectivity index (χ3n) is 13.5. The lowest BCUT2D eigenvalue weighted by molar-refractivity contribution is -0.121. The van der Waals surface area contributed by atoms with Gasteiger partial charge in [0.1, 0.15) is 18.7 Å². The highest BCUT2D eigenvalue weighted by Gasteiger charge is 2.44. The number of phosphoric acid groups is 3. The number of carbonyl (C=O) groups is 2. The fraction of sp³-hybridized carbons (Fsp3) is 0.480. The number of anilines is 2. The number of benzene rings is 2. The van der Waals surface area contributed by atoms with Crippen molar-refractivity contribution in [3.63, 3.8) is 0 Å². The van der Waals surface area contributed by atoms with Crippen molar-refractivity contribution in [1.29, 1.82) is 0 Å². The summed E-state index contributed by atoms with van der Waals surface area (Å²) in [7, 11) is -22.6. The van der Waals surface area contributed by atoms with Crippen molar-refractivity contribution in [2.45, 2.75) is 126 Å². The Kier molecular flexibility index (Phi) is 23.9. The fourth-order valence-corrected chi connectivity index (χ4v) is 15.5. The predicted molar refractivity (Wildman–Crippen MR) is 319 cm³/mol. The van der Waals surface area contributed by atoms with E-state index in [9.17, 15) is 64.1 Å². The molecular weight excluding hydrogens is 1250 g/mol. The molecule has 0 bridgehead atoms. The molecule has 4 aromatic rings. The maximum atomic E-state index is 12.9. The third-order valence-corrected chi connectivity index (χ3v) is 21.5. The van der Waals surface area contributed by atoms with Crippen molar-refractivity contribution >= 4 is 105 Å². The zero-order chi connectivity index (χ0) is 62.8. The van der Waals surface area contributed by atoms with Gasteiger partial charge in [-0.05, 0) is 92.3 Å². The number of carbonyl (C=O) groups excluding carboxylic acids is 2. The lowest BCUT2D eigenvalue weighted by atomic mass is 9.77. The van der Waals surface area contributed by atoms with Gasteiger partial charge in [0.25, 0.3) is 20.2 Å². The van der Waals surface area contributed by atoms with E-state index in [1.807, 2.05) is 71.9 Å². The molecule has 2 aliphatic rings. The Morgan fingerprint density at radius 3 is 2.26 bits per heavy atom. The number of nitrogens with one attached hydrogen (secondary N) is 2. The van der Waals surface area contributed by atoms with Crippen LogP contribution in [0.15, 0.2) is 99.9 Å². The number of imidazole rings is 1. The highest BCUT2D eigenvalue weighted by atomic mass is 33.1. The van der Waals surface area contributed by atoms with Crippen LogP contribution in [-0.2, 0) is 72.2 Å². The molecule has 4 heterocycles. The first-order chi connectivity index (χ1) is 39.6. The Morgan fingerprint density at radius 2 is 1.56 bits per heavy atom. The molecule has 0 aliphatic carbocycles. The molecule has 28 nitrogen and oxygen atoms in total. The van der Waals surface area contributed by atoms with Crippen molar-refractivity contribution in [2.75, 3.05) is 48.0 Å². The fourth-order valence-electron chi connectivity index (χ4n) is 9.43. The number of hydrogen-bond donors (Lipinski definition) is 9. The summed E-state index contributed by atoms with van der Waals surface area (Å²) in [4.78, 5) is 81.3. The number of aromatic nitrogens is 4. The number of ether oxygens (including phenoxy) is 1. The number of hydrogen-bond acceptors (Lipinski definition) is 21. The number of unbranched alkanes of at least 4 members (excludes halogenated alkanes) is 2. The summed E-state index contributed by atoms with van der Waals surface area (Å²) < 4.78 is 122. The van der Waals surface area contributed by atoms with Crippen molar-refractivity contribution in [2.24, 2.45) is 4.99 Å². The Labute approximate surface area is 499 Å². The van der Waals surface area contributed by atoms with Crippen LogP contribution in [0.3, 0.4) is 0 Å². The van der Waals surface area contributed by atoms with E-state index in [1.54, 1.807) is 33.7 Å². The second-order valence-corrected chi connectivity index (χ2v) is 30.4. The molecule has 2 amide bonds. The van der Waals surface area contributed by atoms with Crippen LogP contribution >= 0.6 is 45.1 Å². The Bertz CT molecular complexity index is 3600. The summed E-state index contributed by atoms with van der Waals surface area (Å²) in [6, 6.07) is 9.03. The number of nitrogens with zero attached hydrogens (tertiary/aromatic N) is 6. The van der Waals surface area contributed by atoms with Crippen LogP contribution in [0, 0.1) is 6.92 Å². The van der Waals surface area contributed by atoms with Crippen LogP contribution in [0.4, 0.5) is 11.5 Å². The molecule has 0 spiro atoms. The van der Waals surface area contributed by atoms with Crippen LogP contribution < -0.4 is 15.5 Å². The number of allylic oxidation sites excluding steroid dienone is 6. The van der Waals surface area contributed by atoms with Gasteiger partial charge in [-0.15, -0.1) is 0 Å². The number of amides is 2. The molecule has 2 aromatic heterocycles. The van der Waals surface area contributed by atoms with Gasteiger partial charge in [-0.2, -0.15) is 25.5 Å². The van der Waals surface area contributed by atoms with E-state index in [2.05, 4.69) is 43.6 Å². The van der Waals surface area contributed by atoms with Crippen LogP contribution in [0.2, 0.25) is 0 Å². The summed E-state index contributed by atoms with van der Waals surface area (Å²) in [5.41, 5.74) is 3.60. The van der Waals surface area contributed by atoms with E-state index in [0.29, 0.717) is 68.1 Å². The maximum absolute atomic E-state index is 12.9. The Balaban J connectivity index is 0.915. The number of aryl methyl sites for hydroxylation is 1. The van der Waals surface area contributed by atoms with Gasteiger partial charge in [-0.3, -0.25) is 32.8 Å². The molecule has 9 N–H and O–H groups in total. The normalized spacial score (nSPS) is 19.7. The summed E-state index contributed by atoms with van der Waals surface area (Å²) in [5, 5.41) is 16.2. The zero-order valence-corrected chi connectivity index (χ0v) is 53.0. The number of aliphatic hydroxyl groups is 1. The number of aliphatic hydroxyl groups excluding tert-OH is 1. The standard InChI is InChI=1S/C50H69N8O20P3S4/c1-7-51-41(49(3,4)36-27-34(84(69,70)71)20-19-33(36)2)15-10-8-11-16-42-50(5,6)37-28-35(85(72,73)74)21-22-38(37)57(42)24-13-9-12-17-43(60)52-23-26-83-82-25-14-18-44(61)56-47-46-48(54-31-53-47)58(32-55-46)45-29-39(59)40(76-45)30-75-80(65,66)78-81(67,68)77-79(62,63)64/h8,10-11,15-16,19-22,27-28,31-32,39-40,45,59H,7,9,12-14,17-18,23-26,29-30H2,1-6H3,(H,52,60)(H,65,66)(H,67,68)(H2,62,63,64)(H,69,70,71)(H,72,73,74)(H,53,54,56,61)/b11-8+,15-10+,42-16+,51-41+. The number of fused-ring (bicyclic) bond motifs is 2. The second kappa shape index (κ2) is 29.2. The first-order valence-corrected chi connectivity index (χ1v) is 36.2. The summed E-state index contributed by atoms with van der Waals surface area (Å²) >= 11 is 0. The van der Waals surface area contributed by atoms with E-state index in [1.165, 1.54) is 41.5 Å². The molecule has 1 fully saturated rings. The molecule has 1 saturated heterocycles. The Hall–Kier alpha value is -4.53. The first kappa shape index (κ1) is 69.6. The summed E-state index contributed by atoms with van der Waals surface area (Å²) in [5.74, 6) is 0.927. The molecule has 2 aromatic carbocycles. The molecule has 2 aliphatic heterocycles. The largest absolute Gasteiger partial charge is 0.490 e. The molecule has 5 atom stereocenters. The maximum Gasteiger partial charge on any atom is 0.490 e. The highest BCUT2D eigenvalue weighted by molar-refractivity contribution is 8.76. The molecular formula is C50H69N8O20P3S4. The molecule has 35 heteroatoms. The van der Waals surface area contributed by atoms with Crippen molar-refractivity contribution in [3.8, 4) is 0 Å². The number of aliphatic imine (C=N–C) groups is 1. The van der Waals surface area contributed by atoms with Gasteiger partial charge in [-0.1, -0.05) is 80.0 Å². The smallest absolute Gasteiger partial charge is 0.390 e. The van der Waals surface area contributed by atoms with Crippen LogP contribution in [0.5, 0.6) is 0 Å². The summed E-state index contributed by atoms with van der Waals surface area (Å²) in [6.45, 7) is 12.2. The van der Waals surface area contributed by atoms with Gasteiger partial charge in [0.05, 0.1) is 28.8 Å². The van der Waals surface area contributed by atoms with Crippen LogP contribution in [0.1, 0.15) is 102 Å². The quantitative estimate of drug-likeness (QED) is 0.00583. The van der Waals surface area contributed by atoms with Crippen molar-refractivity contribution < 1.29 is 91.8 Å². The first-order valence-electron chi connectivity index (χ1n) is 26.3. The average molecular weight is 1320 g/mol. The van der Waals surface area contributed by atoms with Gasteiger partial charge >= 0.3 is 23.5 Å². The third kappa shape index (κ3) is 19.5. The van der Waals surface area contributed by atoms with E-state index in [-0.39, 0.29) is 51.4 Å². The molecule has 85 heavy (non-hydrogen) atoms. The zero-order valence-electron chi connectivity index (χ0n) is 47.0. The molecule has 0 radical (unpaired) electrons. The van der Waals surface area contributed by atoms with E-state index >= 15 is 0 Å².